The van der Waals surface area contributed by atoms with Crippen LogP contribution in [0.25, 0.3) is 0 Å². The zero-order valence-corrected chi connectivity index (χ0v) is 21.9. The average molecular weight is 513 g/mol. The minimum absolute atomic E-state index is 0.0788. The molecule has 1 aliphatic heterocycles. The Morgan fingerprint density at radius 2 is 1.61 bits per heavy atom. The molecule has 8 nitrogen and oxygen atoms in total. The van der Waals surface area contributed by atoms with Crippen LogP contribution in [-0.4, -0.2) is 35.2 Å². The van der Waals surface area contributed by atoms with E-state index in [-0.39, 0.29) is 11.8 Å². The van der Waals surface area contributed by atoms with Crippen LogP contribution in [0.15, 0.2) is 71.9 Å². The normalized spacial score (nSPS) is 23.7. The SMILES string of the molecule is Cc1cc(Cc2cc(N)c(N)cc2N)c(N)cc1NCCCN1C(=O)C2=CC=CC3C=CC=C(C1O)C23C. The molecule has 38 heavy (non-hydrogen) atoms. The summed E-state index contributed by atoms with van der Waals surface area (Å²) in [5.74, 6) is -0.0238. The lowest BCUT2D eigenvalue weighted by Crippen LogP contribution is -2.56. The lowest BCUT2D eigenvalue weighted by molar-refractivity contribution is -0.140. The van der Waals surface area contributed by atoms with Crippen LogP contribution in [0.3, 0.4) is 0 Å². The molecule has 198 valence electrons. The van der Waals surface area contributed by atoms with Crippen molar-refractivity contribution >= 4 is 34.3 Å². The largest absolute Gasteiger partial charge is 0.398 e. The van der Waals surface area contributed by atoms with Gasteiger partial charge < -0.3 is 38.3 Å². The number of carbonyl (C=O) groups excluding carboxylic acids is 1. The Hall–Kier alpha value is -4.17. The van der Waals surface area contributed by atoms with Crippen LogP contribution in [0.4, 0.5) is 28.4 Å². The number of hydrogen-bond donors (Lipinski definition) is 6. The lowest BCUT2D eigenvalue weighted by Gasteiger charge is -2.50. The second-order valence-corrected chi connectivity index (χ2v) is 10.6. The molecular weight excluding hydrogens is 476 g/mol. The van der Waals surface area contributed by atoms with Gasteiger partial charge in [-0.25, -0.2) is 0 Å². The average Bonchev–Trinajstić information content (AvgIpc) is 2.87. The number of nitrogen functional groups attached to an aromatic ring is 4. The van der Waals surface area contributed by atoms with Gasteiger partial charge in [-0.05, 0) is 53.8 Å². The number of nitrogens with zero attached hydrogens (tertiary/aromatic N) is 1. The molecule has 1 heterocycles. The summed E-state index contributed by atoms with van der Waals surface area (Å²) in [5.41, 5.74) is 31.5. The third-order valence-electron chi connectivity index (χ3n) is 8.17. The molecule has 3 atom stereocenters. The summed E-state index contributed by atoms with van der Waals surface area (Å²) < 4.78 is 0. The molecular formula is C30H36N6O2. The molecule has 0 saturated carbocycles. The summed E-state index contributed by atoms with van der Waals surface area (Å²) in [6.07, 6.45) is 12.2. The molecule has 0 radical (unpaired) electrons. The van der Waals surface area contributed by atoms with E-state index in [4.69, 9.17) is 22.9 Å². The number of piperidine rings is 1. The van der Waals surface area contributed by atoms with Gasteiger partial charge in [-0.1, -0.05) is 49.4 Å². The van der Waals surface area contributed by atoms with Gasteiger partial charge in [-0.2, -0.15) is 0 Å². The Morgan fingerprint density at radius 1 is 0.947 bits per heavy atom. The van der Waals surface area contributed by atoms with E-state index in [2.05, 4.69) is 24.4 Å². The Bertz CT molecular complexity index is 1420. The first kappa shape index (κ1) is 25.5. The van der Waals surface area contributed by atoms with Gasteiger partial charge in [0.1, 0.15) is 0 Å². The summed E-state index contributed by atoms with van der Waals surface area (Å²) in [4.78, 5) is 14.9. The van der Waals surface area contributed by atoms with E-state index in [0.29, 0.717) is 48.7 Å². The van der Waals surface area contributed by atoms with Gasteiger partial charge in [0.25, 0.3) is 5.91 Å². The molecule has 2 aliphatic carbocycles. The van der Waals surface area contributed by atoms with Gasteiger partial charge >= 0.3 is 0 Å². The molecule has 0 aromatic heterocycles. The topological polar surface area (TPSA) is 157 Å². The summed E-state index contributed by atoms with van der Waals surface area (Å²) in [6.45, 7) is 5.12. The maximum Gasteiger partial charge on any atom is 0.252 e. The quantitative estimate of drug-likeness (QED) is 0.245. The Morgan fingerprint density at radius 3 is 2.37 bits per heavy atom. The number of allylic oxidation sites excluding steroid dienone is 6. The van der Waals surface area contributed by atoms with Gasteiger partial charge in [0, 0.05) is 53.5 Å². The molecule has 0 bridgehead atoms. The van der Waals surface area contributed by atoms with Crippen molar-refractivity contribution < 1.29 is 9.90 Å². The molecule has 0 spiro atoms. The minimum atomic E-state index is -0.935. The smallest absolute Gasteiger partial charge is 0.252 e. The van der Waals surface area contributed by atoms with Crippen LogP contribution >= 0.6 is 0 Å². The highest BCUT2D eigenvalue weighted by molar-refractivity contribution is 5.98. The first-order chi connectivity index (χ1) is 18.1. The molecule has 5 rings (SSSR count). The van der Waals surface area contributed by atoms with E-state index in [1.54, 1.807) is 17.0 Å². The molecule has 2 aromatic rings. The Labute approximate surface area is 223 Å². The lowest BCUT2D eigenvalue weighted by atomic mass is 9.60. The van der Waals surface area contributed by atoms with Crippen LogP contribution < -0.4 is 28.3 Å². The summed E-state index contributed by atoms with van der Waals surface area (Å²) >= 11 is 0. The molecule has 1 amide bonds. The monoisotopic (exact) mass is 512 g/mol. The van der Waals surface area contributed by atoms with Crippen molar-refractivity contribution in [2.75, 3.05) is 41.3 Å². The predicted octanol–water partition coefficient (Wildman–Crippen LogP) is 3.49. The van der Waals surface area contributed by atoms with E-state index in [9.17, 15) is 9.90 Å². The second kappa shape index (κ2) is 9.61. The van der Waals surface area contributed by atoms with Gasteiger partial charge in [-0.15, -0.1) is 0 Å². The van der Waals surface area contributed by atoms with Gasteiger partial charge in [0.15, 0.2) is 6.23 Å². The number of aliphatic hydroxyl groups excluding tert-OH is 1. The van der Waals surface area contributed by atoms with Crippen molar-refractivity contribution in [3.63, 3.8) is 0 Å². The number of amides is 1. The Kier molecular flexibility index (Phi) is 6.44. The number of aryl methyl sites for hydroxylation is 1. The third kappa shape index (κ3) is 4.20. The van der Waals surface area contributed by atoms with Crippen LogP contribution in [0.5, 0.6) is 0 Å². The Balaban J connectivity index is 1.24. The fraction of sp³-hybridized carbons (Fsp3) is 0.300. The van der Waals surface area contributed by atoms with Crippen molar-refractivity contribution in [3.8, 4) is 0 Å². The maximum atomic E-state index is 13.4. The van der Waals surface area contributed by atoms with Crippen molar-refractivity contribution in [1.82, 2.24) is 4.90 Å². The molecule has 1 fully saturated rings. The fourth-order valence-electron chi connectivity index (χ4n) is 5.84. The van der Waals surface area contributed by atoms with Crippen LogP contribution in [0.2, 0.25) is 0 Å². The second-order valence-electron chi connectivity index (χ2n) is 10.6. The van der Waals surface area contributed by atoms with E-state index < -0.39 is 11.6 Å². The third-order valence-corrected chi connectivity index (χ3v) is 8.17. The number of anilines is 5. The number of hydrogen-bond acceptors (Lipinski definition) is 7. The van der Waals surface area contributed by atoms with Crippen molar-refractivity contribution in [2.45, 2.75) is 32.9 Å². The van der Waals surface area contributed by atoms with Gasteiger partial charge in [-0.3, -0.25) is 4.79 Å². The number of carbonyl (C=O) groups is 1. The molecule has 10 N–H and O–H groups in total. The molecule has 3 aliphatic rings. The summed E-state index contributed by atoms with van der Waals surface area (Å²) in [6, 6.07) is 7.44. The van der Waals surface area contributed by atoms with Crippen LogP contribution in [0, 0.1) is 18.3 Å². The fourth-order valence-corrected chi connectivity index (χ4v) is 5.84. The number of rotatable bonds is 7. The van der Waals surface area contributed by atoms with Gasteiger partial charge in [0.2, 0.25) is 0 Å². The summed E-state index contributed by atoms with van der Waals surface area (Å²) in [5, 5.41) is 14.6. The van der Waals surface area contributed by atoms with E-state index in [1.807, 2.05) is 43.4 Å². The molecule has 1 saturated heterocycles. The number of benzene rings is 2. The number of nitrogens with one attached hydrogen (secondary N) is 1. The highest BCUT2D eigenvalue weighted by Gasteiger charge is 2.52. The highest BCUT2D eigenvalue weighted by atomic mass is 16.3. The number of nitrogens with two attached hydrogens (primary N) is 4. The minimum Gasteiger partial charge on any atom is -0.398 e. The maximum absolute atomic E-state index is 13.4. The van der Waals surface area contributed by atoms with Crippen molar-refractivity contribution in [3.05, 3.63) is 88.6 Å². The number of likely N-dealkylation sites (tertiary alicyclic amines) is 1. The first-order valence-corrected chi connectivity index (χ1v) is 12.9. The van der Waals surface area contributed by atoms with Crippen LogP contribution in [-0.2, 0) is 11.2 Å². The predicted molar refractivity (Wildman–Crippen MR) is 155 cm³/mol. The summed E-state index contributed by atoms with van der Waals surface area (Å²) in [7, 11) is 0. The standard InChI is InChI=1S/C30H36N6O2/c1-17-12-18(13-19-14-25(33)26(34)15-23(19)31)24(32)16-27(17)35-10-5-11-36-28(37)21-8-3-6-20-7-4-9-22(29(36)38)30(20,21)2/h3-4,6-9,12,14-16,20,28,35,37H,5,10-11,13,31-34H2,1-2H3. The van der Waals surface area contributed by atoms with E-state index >= 15 is 0 Å². The van der Waals surface area contributed by atoms with E-state index in [0.717, 1.165) is 33.5 Å². The van der Waals surface area contributed by atoms with Crippen molar-refractivity contribution in [1.29, 1.82) is 0 Å². The molecule has 3 unspecified atom stereocenters. The first-order valence-electron chi connectivity index (χ1n) is 12.9. The zero-order valence-electron chi connectivity index (χ0n) is 21.9. The highest BCUT2D eigenvalue weighted by Crippen LogP contribution is 2.52. The number of aliphatic hydroxyl groups is 1. The van der Waals surface area contributed by atoms with Gasteiger partial charge in [0.05, 0.1) is 11.4 Å². The molecule has 8 heteroatoms. The van der Waals surface area contributed by atoms with E-state index in [1.165, 1.54) is 0 Å². The molecule has 2 aromatic carbocycles. The van der Waals surface area contributed by atoms with Crippen molar-refractivity contribution in [2.24, 2.45) is 11.3 Å². The van der Waals surface area contributed by atoms with Crippen LogP contribution in [0.1, 0.15) is 30.0 Å². The zero-order chi connectivity index (χ0) is 27.2.